The molecule has 4 aliphatic rings. The first kappa shape index (κ1) is 25.1. The van der Waals surface area contributed by atoms with Gasteiger partial charge in [0.05, 0.1) is 19.7 Å². The number of esters is 1. The lowest BCUT2D eigenvalue weighted by Gasteiger charge is -2.64. The number of carbonyl (C=O) groups excluding carboxylic acids is 2. The van der Waals surface area contributed by atoms with Crippen LogP contribution in [0.5, 0.6) is 5.75 Å². The molecule has 1 aromatic carbocycles. The summed E-state index contributed by atoms with van der Waals surface area (Å²) in [6.07, 6.45) is 6.17. The minimum absolute atomic E-state index is 0.00791. The van der Waals surface area contributed by atoms with Crippen molar-refractivity contribution in [1.82, 2.24) is 10.2 Å². The molecule has 2 fully saturated rings. The number of ether oxygens (including phenoxy) is 2. The molecule has 1 spiro atoms. The number of nitrogens with one attached hydrogen (secondary N) is 1. The lowest BCUT2D eigenvalue weighted by atomic mass is 9.47. The van der Waals surface area contributed by atoms with Crippen molar-refractivity contribution in [2.24, 2.45) is 5.41 Å². The maximum Gasteiger partial charge on any atom is 0.303 e. The summed E-state index contributed by atoms with van der Waals surface area (Å²) in [7, 11) is 3.66. The van der Waals surface area contributed by atoms with Crippen LogP contribution in [0.25, 0.3) is 0 Å². The second kappa shape index (κ2) is 8.77. The third-order valence-corrected chi connectivity index (χ3v) is 9.26. The van der Waals surface area contributed by atoms with Crippen molar-refractivity contribution in [1.29, 1.82) is 0 Å². The van der Waals surface area contributed by atoms with Gasteiger partial charge in [-0.2, -0.15) is 0 Å². The predicted octanol–water partition coefficient (Wildman–Crippen LogP) is 2.38. The molecule has 1 saturated carbocycles. The number of amides is 1. The van der Waals surface area contributed by atoms with E-state index >= 15 is 0 Å². The SMILES string of the molecule is CCCC(=O)NCC1(O)[C@H](OC(C)=O)[C@]2(CC)C=CCN3CC[C@@]4(c5ccc(OC)cc5N(C)[C@@H]14)C32. The lowest BCUT2D eigenvalue weighted by Crippen LogP contribution is -2.81. The molecule has 2 unspecified atom stereocenters. The number of likely N-dealkylation sites (N-methyl/N-ethyl adjacent to an activating group) is 1. The summed E-state index contributed by atoms with van der Waals surface area (Å²) >= 11 is 0. The van der Waals surface area contributed by atoms with Gasteiger partial charge in [-0.05, 0) is 37.4 Å². The molecule has 0 radical (unpaired) electrons. The number of benzene rings is 1. The summed E-state index contributed by atoms with van der Waals surface area (Å²) in [6, 6.07) is 5.82. The number of hydrogen-bond acceptors (Lipinski definition) is 7. The van der Waals surface area contributed by atoms with Crippen LogP contribution in [0.4, 0.5) is 5.69 Å². The molecule has 6 atom stereocenters. The number of carbonyl (C=O) groups is 2. The second-order valence-corrected chi connectivity index (χ2v) is 11.0. The Hall–Kier alpha value is -2.58. The van der Waals surface area contributed by atoms with Crippen molar-refractivity contribution in [2.75, 3.05) is 38.7 Å². The highest BCUT2D eigenvalue weighted by Gasteiger charge is 2.77. The molecule has 1 aromatic rings. The number of methoxy groups -OCH3 is 1. The molecular weight excluding hydrogens is 458 g/mol. The van der Waals surface area contributed by atoms with Gasteiger partial charge in [0, 0.05) is 55.6 Å². The monoisotopic (exact) mass is 497 g/mol. The normalized spacial score (nSPS) is 36.2. The van der Waals surface area contributed by atoms with E-state index in [-0.39, 0.29) is 18.5 Å². The Balaban J connectivity index is 1.76. The van der Waals surface area contributed by atoms with Crippen LogP contribution < -0.4 is 15.0 Å². The fourth-order valence-electron chi connectivity index (χ4n) is 8.20. The standard InChI is InChI=1S/C28H39N3O5/c1-6-9-22(33)29-17-28(34)24-27(20-11-10-19(35-5)16-21(20)30(24)4)13-15-31-14-8-12-26(7-2,23(27)31)25(28)36-18(3)32/h8,10-12,16,23-25,34H,6-7,9,13-15,17H2,1-5H3,(H,29,33)/t23?,24-,25-,26-,27-,28?/m1/s1. The Morgan fingerprint density at radius 2 is 2.03 bits per heavy atom. The van der Waals surface area contributed by atoms with E-state index < -0.39 is 34.5 Å². The maximum atomic E-state index is 12.9. The summed E-state index contributed by atoms with van der Waals surface area (Å²) in [6.45, 7) is 7.19. The van der Waals surface area contributed by atoms with Crippen LogP contribution in [0.3, 0.4) is 0 Å². The zero-order chi connectivity index (χ0) is 25.9. The van der Waals surface area contributed by atoms with Crippen molar-refractivity contribution in [2.45, 2.75) is 75.7 Å². The smallest absolute Gasteiger partial charge is 0.303 e. The van der Waals surface area contributed by atoms with E-state index in [9.17, 15) is 14.7 Å². The number of hydrogen-bond donors (Lipinski definition) is 2. The molecule has 2 N–H and O–H groups in total. The highest BCUT2D eigenvalue weighted by molar-refractivity contribution is 5.76. The highest BCUT2D eigenvalue weighted by Crippen LogP contribution is 2.67. The topological polar surface area (TPSA) is 91.3 Å². The second-order valence-electron chi connectivity index (χ2n) is 11.0. The van der Waals surface area contributed by atoms with Crippen LogP contribution >= 0.6 is 0 Å². The van der Waals surface area contributed by atoms with E-state index in [1.54, 1.807) is 7.11 Å². The molecule has 0 aromatic heterocycles. The maximum absolute atomic E-state index is 12.9. The quantitative estimate of drug-likeness (QED) is 0.442. The van der Waals surface area contributed by atoms with E-state index in [0.29, 0.717) is 12.8 Å². The molecule has 8 heteroatoms. The molecule has 3 aliphatic heterocycles. The summed E-state index contributed by atoms with van der Waals surface area (Å²) in [5, 5.41) is 15.9. The Kier molecular flexibility index (Phi) is 6.11. The third kappa shape index (κ3) is 3.19. The van der Waals surface area contributed by atoms with Gasteiger partial charge in [0.15, 0.2) is 0 Å². The molecule has 36 heavy (non-hydrogen) atoms. The number of fused-ring (bicyclic) bond motifs is 1. The molecule has 3 heterocycles. The van der Waals surface area contributed by atoms with Gasteiger partial charge < -0.3 is 24.8 Å². The largest absolute Gasteiger partial charge is 0.497 e. The molecule has 1 amide bonds. The Bertz CT molecular complexity index is 1090. The van der Waals surface area contributed by atoms with E-state index in [1.165, 1.54) is 12.5 Å². The fraction of sp³-hybridized carbons (Fsp3) is 0.643. The van der Waals surface area contributed by atoms with Crippen LogP contribution in [-0.2, 0) is 19.7 Å². The van der Waals surface area contributed by atoms with Gasteiger partial charge in [-0.25, -0.2) is 0 Å². The first-order chi connectivity index (χ1) is 17.2. The molecule has 0 bridgehead atoms. The van der Waals surface area contributed by atoms with Crippen molar-refractivity contribution in [3.63, 3.8) is 0 Å². The van der Waals surface area contributed by atoms with E-state index in [4.69, 9.17) is 9.47 Å². The van der Waals surface area contributed by atoms with Crippen molar-refractivity contribution in [3.05, 3.63) is 35.9 Å². The van der Waals surface area contributed by atoms with Gasteiger partial charge >= 0.3 is 5.97 Å². The molecule has 1 saturated heterocycles. The summed E-state index contributed by atoms with van der Waals surface area (Å²) < 4.78 is 11.7. The van der Waals surface area contributed by atoms with Gasteiger partial charge in [-0.3, -0.25) is 14.5 Å². The highest BCUT2D eigenvalue weighted by atomic mass is 16.6. The number of rotatable bonds is 7. The summed E-state index contributed by atoms with van der Waals surface area (Å²) in [5.74, 6) is 0.218. The Morgan fingerprint density at radius 1 is 1.25 bits per heavy atom. The summed E-state index contributed by atoms with van der Waals surface area (Å²) in [4.78, 5) is 29.8. The molecule has 1 aliphatic carbocycles. The van der Waals surface area contributed by atoms with Gasteiger partial charge in [0.2, 0.25) is 5.91 Å². The average molecular weight is 498 g/mol. The Labute approximate surface area is 213 Å². The van der Waals surface area contributed by atoms with Crippen molar-refractivity contribution < 1.29 is 24.2 Å². The van der Waals surface area contributed by atoms with Crippen LogP contribution in [0.2, 0.25) is 0 Å². The predicted molar refractivity (Wildman–Crippen MR) is 137 cm³/mol. The van der Waals surface area contributed by atoms with Crippen molar-refractivity contribution >= 4 is 17.6 Å². The minimum atomic E-state index is -1.53. The van der Waals surface area contributed by atoms with Gasteiger partial charge in [-0.1, -0.05) is 32.1 Å². The van der Waals surface area contributed by atoms with E-state index in [0.717, 1.165) is 37.4 Å². The van der Waals surface area contributed by atoms with Gasteiger partial charge in [0.25, 0.3) is 0 Å². The first-order valence-electron chi connectivity index (χ1n) is 13.2. The van der Waals surface area contributed by atoms with E-state index in [1.807, 2.05) is 26.1 Å². The summed E-state index contributed by atoms with van der Waals surface area (Å²) in [5.41, 5.74) is -0.333. The average Bonchev–Trinajstić information content (AvgIpc) is 3.37. The van der Waals surface area contributed by atoms with Crippen molar-refractivity contribution in [3.8, 4) is 5.75 Å². The number of nitrogens with zero attached hydrogens (tertiary/aromatic N) is 2. The van der Waals surface area contributed by atoms with Crippen LogP contribution in [0.15, 0.2) is 30.4 Å². The third-order valence-electron chi connectivity index (χ3n) is 9.26. The molecule has 5 rings (SSSR count). The molecular formula is C28H39N3O5. The van der Waals surface area contributed by atoms with Gasteiger partial charge in [0.1, 0.15) is 17.5 Å². The van der Waals surface area contributed by atoms with Crippen LogP contribution in [0, 0.1) is 5.41 Å². The van der Waals surface area contributed by atoms with E-state index in [2.05, 4.69) is 40.3 Å². The fourth-order valence-corrected chi connectivity index (χ4v) is 8.20. The Morgan fingerprint density at radius 3 is 2.69 bits per heavy atom. The van der Waals surface area contributed by atoms with Gasteiger partial charge in [-0.15, -0.1) is 0 Å². The lowest BCUT2D eigenvalue weighted by molar-refractivity contribution is -0.217. The zero-order valence-electron chi connectivity index (χ0n) is 22.0. The minimum Gasteiger partial charge on any atom is -0.497 e. The zero-order valence-corrected chi connectivity index (χ0v) is 22.0. The number of anilines is 1. The number of aliphatic hydroxyl groups is 1. The van der Waals surface area contributed by atoms with Crippen LogP contribution in [-0.4, -0.2) is 79.5 Å². The molecule has 196 valence electrons. The van der Waals surface area contributed by atoms with Crippen LogP contribution in [0.1, 0.15) is 52.0 Å². The first-order valence-corrected chi connectivity index (χ1v) is 13.2. The molecule has 8 nitrogen and oxygen atoms in total.